The molecule has 82 valence electrons. The van der Waals surface area contributed by atoms with Crippen molar-refractivity contribution >= 4 is 18.0 Å². The van der Waals surface area contributed by atoms with Crippen LogP contribution in [0.4, 0.5) is 0 Å². The van der Waals surface area contributed by atoms with Gasteiger partial charge in [0, 0.05) is 0 Å². The summed E-state index contributed by atoms with van der Waals surface area (Å²) in [5, 5.41) is 19.0. The fraction of sp³-hybridized carbons (Fsp3) is 0.364. The van der Waals surface area contributed by atoms with Crippen molar-refractivity contribution in [3.8, 4) is 11.5 Å². The molecule has 0 heterocycles. The van der Waals surface area contributed by atoms with Gasteiger partial charge in [-0.1, -0.05) is 13.3 Å². The summed E-state index contributed by atoms with van der Waals surface area (Å²) in [5.41, 5.74) is 0.133. The van der Waals surface area contributed by atoms with Gasteiger partial charge in [-0.15, -0.1) is 11.8 Å². The maximum atomic E-state index is 10.6. The van der Waals surface area contributed by atoms with Crippen LogP contribution >= 0.6 is 11.8 Å². The first kappa shape index (κ1) is 11.9. The third-order valence-corrected chi connectivity index (χ3v) is 3.09. The van der Waals surface area contributed by atoms with E-state index in [0.29, 0.717) is 11.2 Å². The predicted octanol–water partition coefficient (Wildman–Crippen LogP) is 2.80. The zero-order chi connectivity index (χ0) is 11.3. The van der Waals surface area contributed by atoms with Gasteiger partial charge in [-0.05, 0) is 24.3 Å². The average molecular weight is 226 g/mol. The summed E-state index contributed by atoms with van der Waals surface area (Å²) in [6.07, 6.45) is 2.65. The third-order valence-electron chi connectivity index (χ3n) is 1.97. The van der Waals surface area contributed by atoms with Gasteiger partial charge in [0.25, 0.3) is 0 Å². The molecule has 15 heavy (non-hydrogen) atoms. The van der Waals surface area contributed by atoms with Gasteiger partial charge in [0.1, 0.15) is 11.5 Å². The molecule has 1 aromatic carbocycles. The van der Waals surface area contributed by atoms with Crippen LogP contribution in [0.3, 0.4) is 0 Å². The molecule has 0 saturated carbocycles. The summed E-state index contributed by atoms with van der Waals surface area (Å²) >= 11 is 1.45. The lowest BCUT2D eigenvalue weighted by molar-refractivity contribution is 0.112. The smallest absolute Gasteiger partial charge is 0.153 e. The minimum absolute atomic E-state index is 0.00824. The van der Waals surface area contributed by atoms with E-state index in [1.54, 1.807) is 0 Å². The van der Waals surface area contributed by atoms with E-state index in [0.717, 1.165) is 18.6 Å². The van der Waals surface area contributed by atoms with E-state index in [1.165, 1.54) is 23.9 Å². The van der Waals surface area contributed by atoms with Crippen LogP contribution in [0.25, 0.3) is 0 Å². The van der Waals surface area contributed by atoms with E-state index in [4.69, 9.17) is 0 Å². The maximum Gasteiger partial charge on any atom is 0.153 e. The van der Waals surface area contributed by atoms with Gasteiger partial charge >= 0.3 is 0 Å². The van der Waals surface area contributed by atoms with Crippen LogP contribution in [0.15, 0.2) is 17.0 Å². The zero-order valence-corrected chi connectivity index (χ0v) is 9.38. The van der Waals surface area contributed by atoms with Crippen molar-refractivity contribution in [3.05, 3.63) is 17.7 Å². The van der Waals surface area contributed by atoms with Gasteiger partial charge in [-0.3, -0.25) is 4.79 Å². The number of phenolic OH excluding ortho intramolecular Hbond substituents is 2. The molecule has 0 bridgehead atoms. The average Bonchev–Trinajstić information content (AvgIpc) is 2.23. The molecule has 0 unspecified atom stereocenters. The standard InChI is InChI=1S/C11H14O3S/c1-2-3-4-15-10-6-9(13)5-8(7-12)11(10)14/h5-7,13-14H,2-4H2,1H3. The monoisotopic (exact) mass is 226 g/mol. The maximum absolute atomic E-state index is 10.6. The number of carbonyl (C=O) groups is 1. The molecule has 0 aliphatic heterocycles. The quantitative estimate of drug-likeness (QED) is 0.351. The largest absolute Gasteiger partial charge is 0.508 e. The molecule has 0 amide bonds. The zero-order valence-electron chi connectivity index (χ0n) is 8.56. The molecular weight excluding hydrogens is 212 g/mol. The molecule has 0 aliphatic carbocycles. The summed E-state index contributed by atoms with van der Waals surface area (Å²) in [6.45, 7) is 2.08. The van der Waals surface area contributed by atoms with Crippen LogP contribution in [-0.4, -0.2) is 22.3 Å². The van der Waals surface area contributed by atoms with Gasteiger partial charge in [-0.25, -0.2) is 0 Å². The molecule has 3 nitrogen and oxygen atoms in total. The fourth-order valence-electron chi connectivity index (χ4n) is 1.14. The number of thioether (sulfide) groups is 1. The number of carbonyl (C=O) groups excluding carboxylic acids is 1. The van der Waals surface area contributed by atoms with Crippen molar-refractivity contribution in [1.82, 2.24) is 0 Å². The second kappa shape index (κ2) is 5.66. The Morgan fingerprint density at radius 3 is 2.73 bits per heavy atom. The molecule has 0 atom stereocenters. The van der Waals surface area contributed by atoms with Crippen LogP contribution in [0.1, 0.15) is 30.1 Å². The summed E-state index contributed by atoms with van der Waals surface area (Å²) in [7, 11) is 0. The number of hydrogen-bond acceptors (Lipinski definition) is 4. The topological polar surface area (TPSA) is 57.5 Å². The number of rotatable bonds is 5. The molecule has 4 heteroatoms. The lowest BCUT2D eigenvalue weighted by atomic mass is 10.2. The highest BCUT2D eigenvalue weighted by Gasteiger charge is 2.09. The first-order valence-corrected chi connectivity index (χ1v) is 5.81. The highest BCUT2D eigenvalue weighted by molar-refractivity contribution is 7.99. The van der Waals surface area contributed by atoms with Crippen molar-refractivity contribution in [2.45, 2.75) is 24.7 Å². The molecule has 0 aliphatic rings. The van der Waals surface area contributed by atoms with Crippen LogP contribution in [0.5, 0.6) is 11.5 Å². The van der Waals surface area contributed by atoms with Gasteiger partial charge < -0.3 is 10.2 Å². The number of unbranched alkanes of at least 4 members (excludes halogenated alkanes) is 1. The number of aldehydes is 1. The molecular formula is C11H14O3S. The fourth-order valence-corrected chi connectivity index (χ4v) is 2.25. The Morgan fingerprint density at radius 1 is 1.40 bits per heavy atom. The Bertz CT molecular complexity index is 350. The van der Waals surface area contributed by atoms with E-state index >= 15 is 0 Å². The van der Waals surface area contributed by atoms with Gasteiger partial charge in [-0.2, -0.15) is 0 Å². The van der Waals surface area contributed by atoms with Crippen LogP contribution in [-0.2, 0) is 0 Å². The Morgan fingerprint density at radius 2 is 2.13 bits per heavy atom. The van der Waals surface area contributed by atoms with Gasteiger partial charge in [0.2, 0.25) is 0 Å². The minimum Gasteiger partial charge on any atom is -0.508 e. The highest BCUT2D eigenvalue weighted by atomic mass is 32.2. The van der Waals surface area contributed by atoms with E-state index in [1.807, 2.05) is 0 Å². The van der Waals surface area contributed by atoms with Gasteiger partial charge in [0.05, 0.1) is 10.5 Å². The number of hydrogen-bond donors (Lipinski definition) is 2. The molecule has 0 radical (unpaired) electrons. The van der Waals surface area contributed by atoms with E-state index in [9.17, 15) is 15.0 Å². The lowest BCUT2D eigenvalue weighted by Crippen LogP contribution is -1.86. The molecule has 0 aromatic heterocycles. The van der Waals surface area contributed by atoms with Crippen molar-refractivity contribution in [2.75, 3.05) is 5.75 Å². The first-order chi connectivity index (χ1) is 7.19. The van der Waals surface area contributed by atoms with Crippen molar-refractivity contribution in [3.63, 3.8) is 0 Å². The number of phenols is 2. The number of benzene rings is 1. The molecule has 0 spiro atoms. The lowest BCUT2D eigenvalue weighted by Gasteiger charge is -2.06. The highest BCUT2D eigenvalue weighted by Crippen LogP contribution is 2.34. The van der Waals surface area contributed by atoms with Crippen LogP contribution in [0.2, 0.25) is 0 Å². The second-order valence-electron chi connectivity index (χ2n) is 3.20. The molecule has 2 N–H and O–H groups in total. The third kappa shape index (κ3) is 3.16. The number of aromatic hydroxyl groups is 2. The van der Waals surface area contributed by atoms with E-state index < -0.39 is 0 Å². The Labute approximate surface area is 93.1 Å². The SMILES string of the molecule is CCCCSc1cc(O)cc(C=O)c1O. The summed E-state index contributed by atoms with van der Waals surface area (Å²) in [6, 6.07) is 2.73. The Balaban J connectivity index is 2.86. The van der Waals surface area contributed by atoms with Crippen LogP contribution in [0, 0.1) is 0 Å². The normalized spacial score (nSPS) is 10.2. The minimum atomic E-state index is -0.0381. The van der Waals surface area contributed by atoms with E-state index in [2.05, 4.69) is 6.92 Å². The van der Waals surface area contributed by atoms with E-state index in [-0.39, 0.29) is 17.1 Å². The van der Waals surface area contributed by atoms with Crippen molar-refractivity contribution in [1.29, 1.82) is 0 Å². The van der Waals surface area contributed by atoms with Crippen molar-refractivity contribution < 1.29 is 15.0 Å². The summed E-state index contributed by atoms with van der Waals surface area (Å²) < 4.78 is 0. The predicted molar refractivity (Wildman–Crippen MR) is 60.8 cm³/mol. The molecule has 0 saturated heterocycles. The Hall–Kier alpha value is -1.16. The summed E-state index contributed by atoms with van der Waals surface area (Å²) in [5.74, 6) is 0.837. The first-order valence-electron chi connectivity index (χ1n) is 4.83. The Kier molecular flexibility index (Phi) is 4.49. The summed E-state index contributed by atoms with van der Waals surface area (Å²) in [4.78, 5) is 11.1. The van der Waals surface area contributed by atoms with Crippen LogP contribution < -0.4 is 0 Å². The van der Waals surface area contributed by atoms with Crippen molar-refractivity contribution in [2.24, 2.45) is 0 Å². The second-order valence-corrected chi connectivity index (χ2v) is 4.34. The molecule has 0 fully saturated rings. The van der Waals surface area contributed by atoms with Gasteiger partial charge in [0.15, 0.2) is 6.29 Å². The molecule has 1 rings (SSSR count). The molecule has 1 aromatic rings.